The molecule has 1 atom stereocenters. The Morgan fingerprint density at radius 2 is 1.61 bits per heavy atom. The van der Waals surface area contributed by atoms with Crippen LogP contribution in [-0.2, 0) is 16.0 Å². The first-order chi connectivity index (χ1) is 15.0. The number of carbonyl (C=O) groups excluding carboxylic acids is 1. The van der Waals surface area contributed by atoms with Crippen molar-refractivity contribution in [3.63, 3.8) is 0 Å². The van der Waals surface area contributed by atoms with E-state index in [0.717, 1.165) is 30.0 Å². The van der Waals surface area contributed by atoms with Crippen molar-refractivity contribution in [1.29, 1.82) is 0 Å². The highest BCUT2D eigenvalue weighted by atomic mass is 16.6. The Labute approximate surface area is 187 Å². The van der Waals surface area contributed by atoms with Crippen LogP contribution in [0.1, 0.15) is 78.2 Å². The lowest BCUT2D eigenvalue weighted by molar-refractivity contribution is -0.148. The maximum atomic E-state index is 11.3. The third kappa shape index (κ3) is 9.95. The highest BCUT2D eigenvalue weighted by molar-refractivity contribution is 5.66. The molecular weight excluding hydrogens is 388 g/mol. The highest BCUT2D eigenvalue weighted by Gasteiger charge is 2.15. The molecule has 0 N–H and O–H groups in total. The van der Waals surface area contributed by atoms with Gasteiger partial charge in [0.1, 0.15) is 18.5 Å². The highest BCUT2D eigenvalue weighted by Crippen LogP contribution is 2.20. The average Bonchev–Trinajstić information content (AvgIpc) is 2.74. The molecule has 0 aliphatic heterocycles. The zero-order valence-electron chi connectivity index (χ0n) is 19.6. The molecule has 0 saturated heterocycles. The van der Waals surface area contributed by atoms with E-state index in [1.54, 1.807) is 0 Å². The zero-order valence-corrected chi connectivity index (χ0v) is 19.6. The van der Waals surface area contributed by atoms with Crippen molar-refractivity contribution in [3.05, 3.63) is 42.2 Å². The van der Waals surface area contributed by atoms with Crippen LogP contribution in [0.15, 0.2) is 36.7 Å². The maximum absolute atomic E-state index is 11.3. The predicted molar refractivity (Wildman–Crippen MR) is 125 cm³/mol. The summed E-state index contributed by atoms with van der Waals surface area (Å²) >= 11 is 0. The van der Waals surface area contributed by atoms with Crippen LogP contribution in [0, 0.1) is 5.92 Å². The van der Waals surface area contributed by atoms with Crippen LogP contribution in [0.5, 0.6) is 5.75 Å². The molecule has 2 aromatic rings. The largest absolute Gasteiger partial charge is 0.490 e. The summed E-state index contributed by atoms with van der Waals surface area (Å²) in [5.41, 5.74) is 2.15. The van der Waals surface area contributed by atoms with Crippen molar-refractivity contribution in [2.75, 3.05) is 6.61 Å². The summed E-state index contributed by atoms with van der Waals surface area (Å²) in [7, 11) is 0. The molecule has 31 heavy (non-hydrogen) atoms. The summed E-state index contributed by atoms with van der Waals surface area (Å²) in [5.74, 6) is 1.61. The summed E-state index contributed by atoms with van der Waals surface area (Å²) < 4.78 is 11.2. The van der Waals surface area contributed by atoms with Gasteiger partial charge in [-0.3, -0.25) is 4.79 Å². The van der Waals surface area contributed by atoms with Crippen LogP contribution in [0.2, 0.25) is 0 Å². The fourth-order valence-electron chi connectivity index (χ4n) is 3.54. The molecule has 0 fully saturated rings. The molecule has 5 heteroatoms. The minimum Gasteiger partial charge on any atom is -0.490 e. The van der Waals surface area contributed by atoms with Crippen molar-refractivity contribution in [1.82, 2.24) is 9.97 Å². The number of hydrogen-bond acceptors (Lipinski definition) is 5. The molecule has 1 heterocycles. The van der Waals surface area contributed by atoms with Gasteiger partial charge >= 0.3 is 5.97 Å². The Morgan fingerprint density at radius 1 is 0.968 bits per heavy atom. The van der Waals surface area contributed by atoms with Gasteiger partial charge in [0.05, 0.1) is 0 Å². The third-order valence-electron chi connectivity index (χ3n) is 5.14. The molecule has 170 valence electrons. The van der Waals surface area contributed by atoms with Gasteiger partial charge in [-0.1, -0.05) is 52.9 Å². The lowest BCUT2D eigenvalue weighted by atomic mass is 10.1. The van der Waals surface area contributed by atoms with Crippen LogP contribution in [0.25, 0.3) is 11.4 Å². The van der Waals surface area contributed by atoms with Gasteiger partial charge < -0.3 is 9.47 Å². The summed E-state index contributed by atoms with van der Waals surface area (Å²) in [6.45, 7) is 8.23. The Morgan fingerprint density at radius 3 is 2.23 bits per heavy atom. The molecule has 1 aromatic heterocycles. The van der Waals surface area contributed by atoms with E-state index in [4.69, 9.17) is 9.47 Å². The maximum Gasteiger partial charge on any atom is 0.303 e. The van der Waals surface area contributed by atoms with Crippen molar-refractivity contribution < 1.29 is 14.3 Å². The van der Waals surface area contributed by atoms with Crippen LogP contribution in [-0.4, -0.2) is 28.6 Å². The first-order valence-corrected chi connectivity index (χ1v) is 11.7. The molecule has 0 amide bonds. The smallest absolute Gasteiger partial charge is 0.303 e. The number of aromatic nitrogens is 2. The van der Waals surface area contributed by atoms with Gasteiger partial charge in [-0.25, -0.2) is 9.97 Å². The monoisotopic (exact) mass is 426 g/mol. The van der Waals surface area contributed by atoms with Crippen molar-refractivity contribution in [3.8, 4) is 17.1 Å². The van der Waals surface area contributed by atoms with Gasteiger partial charge in [-0.15, -0.1) is 0 Å². The number of ether oxygens (including phenoxy) is 2. The van der Waals surface area contributed by atoms with Crippen LogP contribution in [0.3, 0.4) is 0 Å². The van der Waals surface area contributed by atoms with E-state index in [9.17, 15) is 4.79 Å². The summed E-state index contributed by atoms with van der Waals surface area (Å²) in [6.07, 6.45) is 13.2. The molecule has 0 spiro atoms. The number of aryl methyl sites for hydroxylation is 1. The van der Waals surface area contributed by atoms with Gasteiger partial charge in [-0.2, -0.15) is 0 Å². The predicted octanol–water partition coefficient (Wildman–Crippen LogP) is 6.40. The second-order valence-corrected chi connectivity index (χ2v) is 8.63. The lowest BCUT2D eigenvalue weighted by Gasteiger charge is -2.19. The molecular formula is C26H38N2O3. The van der Waals surface area contributed by atoms with Gasteiger partial charge in [0, 0.05) is 24.9 Å². The lowest BCUT2D eigenvalue weighted by Crippen LogP contribution is -2.25. The quantitative estimate of drug-likeness (QED) is 0.258. The molecule has 0 saturated carbocycles. The Balaban J connectivity index is 1.83. The molecule has 1 aromatic carbocycles. The summed E-state index contributed by atoms with van der Waals surface area (Å²) in [5, 5.41) is 0. The third-order valence-corrected chi connectivity index (χ3v) is 5.14. The standard InChI is InChI=1S/C26H38N2O3/c1-5-6-7-8-9-10-11-22-17-27-26(28-18-22)23-12-14-24(15-13-23)30-19-25(16-20(2)3)31-21(4)29/h12-15,17-18,20,25H,5-11,16,19H2,1-4H3. The normalized spacial score (nSPS) is 12.0. The second-order valence-electron chi connectivity index (χ2n) is 8.63. The van der Waals surface area contributed by atoms with Crippen LogP contribution in [0.4, 0.5) is 0 Å². The summed E-state index contributed by atoms with van der Waals surface area (Å²) in [4.78, 5) is 20.4. The SMILES string of the molecule is CCCCCCCCc1cnc(-c2ccc(OCC(CC(C)C)OC(C)=O)cc2)nc1. The Kier molecular flexibility index (Phi) is 11.0. The first-order valence-electron chi connectivity index (χ1n) is 11.7. The van der Waals surface area contributed by atoms with Crippen LogP contribution >= 0.6 is 0 Å². The first kappa shape index (κ1) is 24.8. The Bertz CT molecular complexity index is 757. The van der Waals surface area contributed by atoms with Crippen molar-refractivity contribution >= 4 is 5.97 Å². The Hall–Kier alpha value is -2.43. The van der Waals surface area contributed by atoms with Crippen LogP contribution < -0.4 is 4.74 Å². The van der Waals surface area contributed by atoms with Gasteiger partial charge in [0.25, 0.3) is 0 Å². The molecule has 2 rings (SSSR count). The molecule has 0 radical (unpaired) electrons. The number of unbranched alkanes of at least 4 members (excludes halogenated alkanes) is 5. The average molecular weight is 427 g/mol. The van der Waals surface area contributed by atoms with E-state index in [1.165, 1.54) is 51.0 Å². The van der Waals surface area contributed by atoms with Gasteiger partial charge in [0.2, 0.25) is 0 Å². The van der Waals surface area contributed by atoms with Crippen molar-refractivity contribution in [2.24, 2.45) is 5.92 Å². The van der Waals surface area contributed by atoms with E-state index < -0.39 is 0 Å². The van der Waals surface area contributed by atoms with E-state index in [0.29, 0.717) is 12.5 Å². The number of hydrogen-bond donors (Lipinski definition) is 0. The number of carbonyl (C=O) groups is 1. The molecule has 1 unspecified atom stereocenters. The number of esters is 1. The van der Waals surface area contributed by atoms with E-state index in [1.807, 2.05) is 36.7 Å². The molecule has 0 bridgehead atoms. The number of rotatable bonds is 14. The van der Waals surface area contributed by atoms with E-state index in [2.05, 4.69) is 30.7 Å². The number of benzene rings is 1. The summed E-state index contributed by atoms with van der Waals surface area (Å²) in [6, 6.07) is 7.73. The zero-order chi connectivity index (χ0) is 22.5. The molecule has 5 nitrogen and oxygen atoms in total. The second kappa shape index (κ2) is 13.8. The van der Waals surface area contributed by atoms with Gasteiger partial charge in [-0.05, 0) is 55.0 Å². The van der Waals surface area contributed by atoms with E-state index in [-0.39, 0.29) is 12.1 Å². The van der Waals surface area contributed by atoms with E-state index >= 15 is 0 Å². The molecule has 0 aliphatic rings. The number of nitrogens with zero attached hydrogens (tertiary/aromatic N) is 2. The fourth-order valence-corrected chi connectivity index (χ4v) is 3.54. The minimum atomic E-state index is -0.276. The van der Waals surface area contributed by atoms with Crippen molar-refractivity contribution in [2.45, 2.75) is 85.2 Å². The van der Waals surface area contributed by atoms with Gasteiger partial charge in [0.15, 0.2) is 5.82 Å². The topological polar surface area (TPSA) is 61.3 Å². The molecule has 0 aliphatic carbocycles. The minimum absolute atomic E-state index is 0.236. The fraction of sp³-hybridized carbons (Fsp3) is 0.577.